The molecule has 0 saturated carbocycles. The SMILES string of the molecule is O=C(c1ccccc1C#CCCO)N1CCCCC1CO. The maximum Gasteiger partial charge on any atom is 0.255 e. The van der Waals surface area contributed by atoms with Crippen molar-refractivity contribution in [3.63, 3.8) is 0 Å². The van der Waals surface area contributed by atoms with Crippen molar-refractivity contribution >= 4 is 5.91 Å². The Morgan fingerprint density at radius 1 is 1.29 bits per heavy atom. The van der Waals surface area contributed by atoms with Crippen LogP contribution in [0.25, 0.3) is 0 Å². The van der Waals surface area contributed by atoms with Gasteiger partial charge >= 0.3 is 0 Å². The molecule has 1 aliphatic heterocycles. The predicted molar refractivity (Wildman–Crippen MR) is 80.8 cm³/mol. The van der Waals surface area contributed by atoms with E-state index in [0.717, 1.165) is 19.3 Å². The largest absolute Gasteiger partial charge is 0.395 e. The zero-order chi connectivity index (χ0) is 15.1. The van der Waals surface area contributed by atoms with Gasteiger partial charge in [0, 0.05) is 18.5 Å². The summed E-state index contributed by atoms with van der Waals surface area (Å²) in [6, 6.07) is 7.16. The summed E-state index contributed by atoms with van der Waals surface area (Å²) in [6.45, 7) is 0.703. The van der Waals surface area contributed by atoms with Crippen LogP contribution in [-0.4, -0.2) is 46.8 Å². The van der Waals surface area contributed by atoms with Gasteiger partial charge in [-0.3, -0.25) is 4.79 Å². The van der Waals surface area contributed by atoms with Crippen LogP contribution in [0, 0.1) is 11.8 Å². The molecule has 0 spiro atoms. The highest BCUT2D eigenvalue weighted by Crippen LogP contribution is 2.20. The van der Waals surface area contributed by atoms with Crippen LogP contribution >= 0.6 is 0 Å². The van der Waals surface area contributed by atoms with Crippen molar-refractivity contribution in [2.45, 2.75) is 31.7 Å². The first-order chi connectivity index (χ1) is 10.3. The van der Waals surface area contributed by atoms with Gasteiger partial charge in [-0.25, -0.2) is 0 Å². The van der Waals surface area contributed by atoms with Crippen molar-refractivity contribution in [1.29, 1.82) is 0 Å². The standard InChI is InChI=1S/C17H21NO3/c19-12-6-4-8-14-7-1-2-10-16(14)17(21)18-11-5-3-9-15(18)13-20/h1-2,7,10,15,19-20H,3,5-6,9,11-13H2. The molecule has 2 rings (SSSR count). The molecule has 1 saturated heterocycles. The zero-order valence-electron chi connectivity index (χ0n) is 12.1. The van der Waals surface area contributed by atoms with Crippen molar-refractivity contribution < 1.29 is 15.0 Å². The number of aliphatic hydroxyl groups is 2. The Balaban J connectivity index is 2.24. The van der Waals surface area contributed by atoms with Crippen molar-refractivity contribution in [3.8, 4) is 11.8 Å². The molecule has 0 radical (unpaired) electrons. The molecule has 0 bridgehead atoms. The molecule has 21 heavy (non-hydrogen) atoms. The van der Waals surface area contributed by atoms with Gasteiger partial charge in [0.1, 0.15) is 0 Å². The van der Waals surface area contributed by atoms with Gasteiger partial charge in [-0.15, -0.1) is 0 Å². The fraction of sp³-hybridized carbons (Fsp3) is 0.471. The Bertz CT molecular complexity index is 544. The van der Waals surface area contributed by atoms with Crippen molar-refractivity contribution in [1.82, 2.24) is 4.90 Å². The van der Waals surface area contributed by atoms with Crippen LogP contribution in [0.5, 0.6) is 0 Å². The second-order valence-corrected chi connectivity index (χ2v) is 5.15. The quantitative estimate of drug-likeness (QED) is 0.826. The molecule has 0 aliphatic carbocycles. The first-order valence-corrected chi connectivity index (χ1v) is 7.38. The molecule has 1 atom stereocenters. The van der Waals surface area contributed by atoms with E-state index >= 15 is 0 Å². The van der Waals surface area contributed by atoms with E-state index in [-0.39, 0.29) is 25.2 Å². The molecule has 2 N–H and O–H groups in total. The van der Waals surface area contributed by atoms with Crippen LogP contribution in [0.2, 0.25) is 0 Å². The third-order valence-corrected chi connectivity index (χ3v) is 3.72. The van der Waals surface area contributed by atoms with E-state index < -0.39 is 0 Å². The number of piperidine rings is 1. The highest BCUT2D eigenvalue weighted by molar-refractivity contribution is 5.97. The first kappa shape index (κ1) is 15.6. The van der Waals surface area contributed by atoms with Gasteiger partial charge in [-0.1, -0.05) is 24.0 Å². The van der Waals surface area contributed by atoms with Gasteiger partial charge in [-0.2, -0.15) is 0 Å². The lowest BCUT2D eigenvalue weighted by molar-refractivity contribution is 0.0503. The molecular weight excluding hydrogens is 266 g/mol. The number of nitrogens with zero attached hydrogens (tertiary/aromatic N) is 1. The topological polar surface area (TPSA) is 60.8 Å². The molecule has 112 valence electrons. The zero-order valence-corrected chi connectivity index (χ0v) is 12.1. The minimum absolute atomic E-state index is 0.00407. The maximum atomic E-state index is 12.7. The molecule has 4 nitrogen and oxygen atoms in total. The highest BCUT2D eigenvalue weighted by Gasteiger charge is 2.27. The smallest absolute Gasteiger partial charge is 0.255 e. The van der Waals surface area contributed by atoms with E-state index in [1.54, 1.807) is 11.0 Å². The molecular formula is C17H21NO3. The molecule has 0 aromatic heterocycles. The first-order valence-electron chi connectivity index (χ1n) is 7.38. The second-order valence-electron chi connectivity index (χ2n) is 5.15. The fourth-order valence-electron chi connectivity index (χ4n) is 2.60. The van der Waals surface area contributed by atoms with Gasteiger partial charge in [0.05, 0.1) is 24.8 Å². The Hall–Kier alpha value is -1.83. The number of amides is 1. The van der Waals surface area contributed by atoms with E-state index in [1.807, 2.05) is 18.2 Å². The normalized spacial score (nSPS) is 18.0. The number of aliphatic hydroxyl groups excluding tert-OH is 2. The summed E-state index contributed by atoms with van der Waals surface area (Å²) >= 11 is 0. The Labute approximate surface area is 125 Å². The summed E-state index contributed by atoms with van der Waals surface area (Å²) < 4.78 is 0. The van der Waals surface area contributed by atoms with Gasteiger partial charge in [0.2, 0.25) is 0 Å². The number of carbonyl (C=O) groups excluding carboxylic acids is 1. The predicted octanol–water partition coefficient (Wildman–Crippen LogP) is 1.41. The van der Waals surface area contributed by atoms with Gasteiger partial charge < -0.3 is 15.1 Å². The summed E-state index contributed by atoms with van der Waals surface area (Å²) in [5, 5.41) is 18.2. The Morgan fingerprint density at radius 2 is 2.10 bits per heavy atom. The Morgan fingerprint density at radius 3 is 2.86 bits per heavy atom. The summed E-state index contributed by atoms with van der Waals surface area (Å²) in [5.74, 6) is 5.73. The van der Waals surface area contributed by atoms with Crippen LogP contribution < -0.4 is 0 Å². The maximum absolute atomic E-state index is 12.7. The molecule has 1 aromatic carbocycles. The van der Waals surface area contributed by atoms with E-state index in [1.165, 1.54) is 0 Å². The van der Waals surface area contributed by atoms with Crippen molar-refractivity contribution in [2.75, 3.05) is 19.8 Å². The molecule has 1 unspecified atom stereocenters. The van der Waals surface area contributed by atoms with E-state index in [9.17, 15) is 9.90 Å². The number of benzene rings is 1. The number of likely N-dealkylation sites (tertiary alicyclic amines) is 1. The van der Waals surface area contributed by atoms with Crippen LogP contribution in [0.1, 0.15) is 41.6 Å². The Kier molecular flexibility index (Phi) is 5.79. The van der Waals surface area contributed by atoms with Gasteiger partial charge in [0.25, 0.3) is 5.91 Å². The van der Waals surface area contributed by atoms with Crippen LogP contribution in [-0.2, 0) is 0 Å². The van der Waals surface area contributed by atoms with Crippen molar-refractivity contribution in [2.24, 2.45) is 0 Å². The molecule has 1 aromatic rings. The number of rotatable bonds is 3. The lowest BCUT2D eigenvalue weighted by Gasteiger charge is -2.34. The van der Waals surface area contributed by atoms with Gasteiger partial charge in [-0.05, 0) is 31.4 Å². The van der Waals surface area contributed by atoms with E-state index in [4.69, 9.17) is 5.11 Å². The summed E-state index contributed by atoms with van der Waals surface area (Å²) in [4.78, 5) is 14.5. The molecule has 1 aliphatic rings. The van der Waals surface area contributed by atoms with Gasteiger partial charge in [0.15, 0.2) is 0 Å². The second kappa shape index (κ2) is 7.82. The highest BCUT2D eigenvalue weighted by atomic mass is 16.3. The number of hydrogen-bond donors (Lipinski definition) is 2. The number of carbonyl (C=O) groups is 1. The van der Waals surface area contributed by atoms with Crippen molar-refractivity contribution in [3.05, 3.63) is 35.4 Å². The third kappa shape index (κ3) is 3.84. The molecule has 4 heteroatoms. The van der Waals surface area contributed by atoms with Crippen LogP contribution in [0.15, 0.2) is 24.3 Å². The minimum Gasteiger partial charge on any atom is -0.395 e. The average molecular weight is 287 g/mol. The van der Waals surface area contributed by atoms with Crippen LogP contribution in [0.4, 0.5) is 0 Å². The summed E-state index contributed by atoms with van der Waals surface area (Å²) in [6.07, 6.45) is 3.26. The summed E-state index contributed by atoms with van der Waals surface area (Å²) in [7, 11) is 0. The summed E-state index contributed by atoms with van der Waals surface area (Å²) in [5.41, 5.74) is 1.25. The van der Waals surface area contributed by atoms with Crippen LogP contribution in [0.3, 0.4) is 0 Å². The molecule has 1 heterocycles. The molecule has 1 amide bonds. The minimum atomic E-state index is -0.0929. The monoisotopic (exact) mass is 287 g/mol. The average Bonchev–Trinajstić information content (AvgIpc) is 2.55. The fourth-order valence-corrected chi connectivity index (χ4v) is 2.60. The number of hydrogen-bond acceptors (Lipinski definition) is 3. The lowest BCUT2D eigenvalue weighted by Crippen LogP contribution is -2.45. The third-order valence-electron chi connectivity index (χ3n) is 3.72. The molecule has 1 fully saturated rings. The van der Waals surface area contributed by atoms with E-state index in [2.05, 4.69) is 11.8 Å². The van der Waals surface area contributed by atoms with E-state index in [0.29, 0.717) is 24.1 Å². The lowest BCUT2D eigenvalue weighted by atomic mass is 9.99.